The zero-order valence-electron chi connectivity index (χ0n) is 80.9. The van der Waals surface area contributed by atoms with Crippen LogP contribution < -0.4 is 4.74 Å². The molecule has 0 radical (unpaired) electrons. The Morgan fingerprint density at radius 1 is 0.160 bits per heavy atom. The first-order valence-corrected chi connectivity index (χ1v) is 53.5. The van der Waals surface area contributed by atoms with Gasteiger partial charge in [0.1, 0.15) is 5.75 Å². The molecule has 7 nitrogen and oxygen atoms in total. The predicted molar refractivity (Wildman–Crippen MR) is 622 cm³/mol. The van der Waals surface area contributed by atoms with E-state index in [9.17, 15) is 0 Å². The highest BCUT2D eigenvalue weighted by Crippen LogP contribution is 2.67. The number of nitrogens with zero attached hydrogens (tertiary/aromatic N) is 6. The molecule has 9 heteroatoms. The minimum absolute atomic E-state index is 0.502. The van der Waals surface area contributed by atoms with Crippen LogP contribution in [0, 0.1) is 0 Å². The molecule has 150 heavy (non-hydrogen) atoms. The van der Waals surface area contributed by atoms with E-state index in [0.29, 0.717) is 0 Å². The van der Waals surface area contributed by atoms with Crippen LogP contribution in [0.25, 0.3) is 197 Å². The molecule has 30 aromatic rings. The van der Waals surface area contributed by atoms with Gasteiger partial charge in [0.05, 0.1) is 99.5 Å². The van der Waals surface area contributed by atoms with Gasteiger partial charge in [0.15, 0.2) is 5.75 Å². The molecule has 0 saturated carbocycles. The average Bonchev–Trinajstić information content (AvgIpc) is 1.43. The van der Waals surface area contributed by atoms with Crippen molar-refractivity contribution in [3.05, 3.63) is 576 Å². The van der Waals surface area contributed by atoms with E-state index in [1.165, 1.54) is 256 Å². The molecule has 24 aromatic carbocycles. The maximum Gasteiger partial charge on any atom is 0.156 e. The molecular weight excluding hydrogens is 1860 g/mol. The topological polar surface area (TPSA) is 38.8 Å². The van der Waals surface area contributed by atoms with Gasteiger partial charge in [-0.15, -0.1) is 0 Å². The van der Waals surface area contributed by atoms with Crippen LogP contribution in [0.3, 0.4) is 0 Å². The SMILES string of the molecule is c1ccc2c(c1)Oc1c(ccc3c4ccccc4n(-c4ccc5ccccc5c4)c13)C21c2ccccc2-n2c3ccccc3c3cccc1c32.c1ccc2c(c1)Sc1c(ccc3c4ccccc4n(-c4ccc5ccccc5c4)c13)C21c2ccccc2-n2c3ccccc3c3cccc1c32.c1ccc2c(c1)Sc1cc3c(cc1C21c2ccccc2-n2c4ccccc4c4cccc1c42)c1ccccc1n3-c1ccc2ccccc2c1. The van der Waals surface area contributed by atoms with Crippen LogP contribution in [-0.4, -0.2) is 27.4 Å². The van der Waals surface area contributed by atoms with Crippen molar-refractivity contribution in [2.45, 2.75) is 35.8 Å². The molecule has 0 bridgehead atoms. The van der Waals surface area contributed by atoms with Crippen molar-refractivity contribution in [3.8, 4) is 45.6 Å². The van der Waals surface area contributed by atoms with Crippen molar-refractivity contribution in [2.24, 2.45) is 0 Å². The molecule has 3 atom stereocenters. The monoisotopic (exact) mass is 1940 g/mol. The number of fused-ring (bicyclic) bond motifs is 47. The molecule has 0 saturated heterocycles. The van der Waals surface area contributed by atoms with Crippen LogP contribution in [0.1, 0.15) is 66.8 Å². The maximum absolute atomic E-state index is 7.23. The molecule has 36 rings (SSSR count). The van der Waals surface area contributed by atoms with Gasteiger partial charge >= 0.3 is 0 Å². The maximum atomic E-state index is 7.23. The van der Waals surface area contributed by atoms with Crippen molar-refractivity contribution >= 4 is 187 Å². The van der Waals surface area contributed by atoms with Gasteiger partial charge in [0.25, 0.3) is 0 Å². The Morgan fingerprint density at radius 2 is 0.473 bits per heavy atom. The van der Waals surface area contributed by atoms with Gasteiger partial charge in [-0.1, -0.05) is 412 Å². The van der Waals surface area contributed by atoms with Crippen molar-refractivity contribution < 1.29 is 4.74 Å². The number of hydrogen-bond donors (Lipinski definition) is 0. The molecule has 0 amide bonds. The fourth-order valence-corrected chi connectivity index (χ4v) is 30.7. The smallest absolute Gasteiger partial charge is 0.156 e. The van der Waals surface area contributed by atoms with Crippen LogP contribution in [0.4, 0.5) is 0 Å². The summed E-state index contributed by atoms with van der Waals surface area (Å²) >= 11 is 3.84. The highest BCUT2D eigenvalue weighted by molar-refractivity contribution is 8.00. The molecular formula is C141H84N6OS2. The summed E-state index contributed by atoms with van der Waals surface area (Å²) < 4.78 is 22.2. The van der Waals surface area contributed by atoms with E-state index in [-0.39, 0.29) is 0 Å². The zero-order valence-corrected chi connectivity index (χ0v) is 82.5. The first-order valence-electron chi connectivity index (χ1n) is 51.8. The Hall–Kier alpha value is -18.6. The van der Waals surface area contributed by atoms with Gasteiger partial charge in [-0.2, -0.15) is 0 Å². The zero-order chi connectivity index (χ0) is 97.7. The molecule has 3 spiro atoms. The normalized spacial score (nSPS) is 15.9. The molecule has 12 heterocycles. The standard InChI is InChI=1S/C47H28N2O.2C47H28N2S/c1-2-13-30-28-31(25-24-29(30)12-1)48-40-20-7-3-15-33(40)35-26-27-39-46(45(35)48)50-43-23-10-6-18-37(43)47(39)36-17-5-9-22-42(36)49-41-21-8-4-14-32(41)34-16-11-19-38(47)44(34)49;1-2-13-30-26-31(25-24-29(30)12-1)48-40-20-7-4-15-33(40)35-27-39-45(28-43(35)48)50-44-23-10-6-18-37(44)47(39)36-17-5-9-22-42(36)49-41-21-8-3-14-32(41)34-16-11-19-38(47)46(34)49;1-2-13-30-28-31(25-24-29(30)12-1)48-40-20-7-3-15-33(40)35-26-27-39-46(45(35)48)50-43-23-10-6-18-37(43)47(39)36-17-5-9-22-42(36)49-41-21-8-4-14-32(41)34-16-11-19-38(47)44(34)49/h3*1-28H. The summed E-state index contributed by atoms with van der Waals surface area (Å²) in [6.07, 6.45) is 0. The van der Waals surface area contributed by atoms with Gasteiger partial charge in [0.2, 0.25) is 0 Å². The van der Waals surface area contributed by atoms with Crippen molar-refractivity contribution in [1.29, 1.82) is 0 Å². The van der Waals surface area contributed by atoms with Gasteiger partial charge in [0, 0.05) is 112 Å². The second-order valence-corrected chi connectivity index (χ2v) is 43.1. The molecule has 6 aromatic heterocycles. The minimum Gasteiger partial charge on any atom is -0.454 e. The van der Waals surface area contributed by atoms with Crippen molar-refractivity contribution in [3.63, 3.8) is 0 Å². The third-order valence-electron chi connectivity index (χ3n) is 34.0. The van der Waals surface area contributed by atoms with Crippen LogP contribution in [-0.2, 0) is 16.2 Å². The largest absolute Gasteiger partial charge is 0.454 e. The summed E-state index contributed by atoms with van der Waals surface area (Å²) in [4.78, 5) is 5.24. The number of rotatable bonds is 3. The predicted octanol–water partition coefficient (Wildman–Crippen LogP) is 36.2. The molecule has 3 unspecified atom stereocenters. The average molecular weight is 1940 g/mol. The number of ether oxygens (including phenoxy) is 1. The van der Waals surface area contributed by atoms with E-state index in [4.69, 9.17) is 4.74 Å². The Balaban J connectivity index is 0.0000000957. The van der Waals surface area contributed by atoms with E-state index >= 15 is 0 Å². The highest BCUT2D eigenvalue weighted by atomic mass is 32.2. The Labute approximate surface area is 869 Å². The number of benzene rings is 24. The summed E-state index contributed by atoms with van der Waals surface area (Å²) in [6.45, 7) is 0. The Kier molecular flexibility index (Phi) is 16.9. The number of hydrogen-bond acceptors (Lipinski definition) is 3. The van der Waals surface area contributed by atoms with Gasteiger partial charge in [-0.05, 0) is 209 Å². The minimum atomic E-state index is -0.622. The van der Waals surface area contributed by atoms with Crippen LogP contribution in [0.2, 0.25) is 0 Å². The van der Waals surface area contributed by atoms with Crippen LogP contribution >= 0.6 is 23.5 Å². The first kappa shape index (κ1) is 82.6. The highest BCUT2D eigenvalue weighted by Gasteiger charge is 2.55. The fraction of sp³-hybridized carbons (Fsp3) is 0.0213. The van der Waals surface area contributed by atoms with E-state index in [2.05, 4.69) is 537 Å². The molecule has 6 aliphatic rings. The second kappa shape index (κ2) is 30.7. The summed E-state index contributed by atoms with van der Waals surface area (Å²) in [5.41, 5.74) is 35.9. The lowest BCUT2D eigenvalue weighted by molar-refractivity contribution is 0.438. The van der Waals surface area contributed by atoms with Gasteiger partial charge in [-0.3, -0.25) is 0 Å². The number of aromatic nitrogens is 6. The van der Waals surface area contributed by atoms with E-state index in [0.717, 1.165) is 39.3 Å². The summed E-state index contributed by atoms with van der Waals surface area (Å²) in [7, 11) is 0. The lowest BCUT2D eigenvalue weighted by atomic mass is 9.61. The molecule has 696 valence electrons. The Morgan fingerprint density at radius 3 is 0.933 bits per heavy atom. The van der Waals surface area contributed by atoms with E-state index < -0.39 is 16.2 Å². The van der Waals surface area contributed by atoms with Crippen molar-refractivity contribution in [2.75, 3.05) is 0 Å². The molecule has 0 N–H and O–H groups in total. The summed E-state index contributed by atoms with van der Waals surface area (Å²) in [5.74, 6) is 1.79. The van der Waals surface area contributed by atoms with Gasteiger partial charge < -0.3 is 32.1 Å². The van der Waals surface area contributed by atoms with Crippen molar-refractivity contribution in [1.82, 2.24) is 27.4 Å². The number of para-hydroxylation sites is 13. The molecule has 0 fully saturated rings. The Bertz CT molecular complexity index is 10800. The molecule has 6 aliphatic heterocycles. The molecule has 0 aliphatic carbocycles. The second-order valence-electron chi connectivity index (χ2n) is 41.0. The third-order valence-corrected chi connectivity index (χ3v) is 36.3. The third kappa shape index (κ3) is 10.7. The van der Waals surface area contributed by atoms with Gasteiger partial charge in [-0.25, -0.2) is 0 Å². The van der Waals surface area contributed by atoms with Crippen LogP contribution in [0.5, 0.6) is 11.5 Å². The van der Waals surface area contributed by atoms with Crippen LogP contribution in [0.15, 0.2) is 529 Å². The fourth-order valence-electron chi connectivity index (χ4n) is 28.2. The van der Waals surface area contributed by atoms with E-state index in [1.807, 2.05) is 23.5 Å². The summed E-state index contributed by atoms with van der Waals surface area (Å²) in [6, 6.07) is 189. The quantitative estimate of drug-likeness (QED) is 0.177. The lowest BCUT2D eigenvalue weighted by Crippen LogP contribution is -2.37. The summed E-state index contributed by atoms with van der Waals surface area (Å²) in [5, 5.41) is 22.7. The first-order chi connectivity index (χ1) is 74.4. The van der Waals surface area contributed by atoms with E-state index in [1.54, 1.807) is 0 Å². The lowest BCUT2D eigenvalue weighted by Gasteiger charge is -2.45.